The van der Waals surface area contributed by atoms with Crippen molar-refractivity contribution >= 4 is 10.9 Å². The average molecular weight is 252 g/mol. The van der Waals surface area contributed by atoms with Gasteiger partial charge in [-0.3, -0.25) is 0 Å². The van der Waals surface area contributed by atoms with Gasteiger partial charge in [0.1, 0.15) is 11.5 Å². The van der Waals surface area contributed by atoms with Crippen LogP contribution < -0.4 is 0 Å². The second-order valence-corrected chi connectivity index (χ2v) is 4.96. The van der Waals surface area contributed by atoms with Gasteiger partial charge in [0.05, 0.1) is 5.52 Å². The number of hydrogen-bond donors (Lipinski definition) is 0. The highest BCUT2D eigenvalue weighted by Gasteiger charge is 2.14. The van der Waals surface area contributed by atoms with Crippen molar-refractivity contribution in [3.63, 3.8) is 0 Å². The zero-order valence-corrected chi connectivity index (χ0v) is 11.3. The van der Waals surface area contributed by atoms with Crippen LogP contribution in [0, 0.1) is 0 Å². The summed E-state index contributed by atoms with van der Waals surface area (Å²) in [6.07, 6.45) is 3.72. The van der Waals surface area contributed by atoms with Crippen molar-refractivity contribution in [2.45, 2.75) is 19.8 Å². The number of aryl methyl sites for hydroxylation is 1. The maximum atomic E-state index is 4.71. The van der Waals surface area contributed by atoms with Gasteiger partial charge in [-0.1, -0.05) is 32.0 Å². The monoisotopic (exact) mass is 252 g/mol. The van der Waals surface area contributed by atoms with Crippen LogP contribution in [0.1, 0.15) is 25.6 Å². The highest BCUT2D eigenvalue weighted by atomic mass is 15.1. The second-order valence-electron chi connectivity index (χ2n) is 4.96. The summed E-state index contributed by atoms with van der Waals surface area (Å²) in [7, 11) is 1.98. The zero-order chi connectivity index (χ0) is 13.4. The summed E-state index contributed by atoms with van der Waals surface area (Å²) >= 11 is 0. The zero-order valence-electron chi connectivity index (χ0n) is 11.3. The van der Waals surface area contributed by atoms with Crippen LogP contribution in [0.5, 0.6) is 0 Å². The molecule has 0 unspecified atom stereocenters. The van der Waals surface area contributed by atoms with E-state index in [4.69, 9.17) is 4.98 Å². The van der Waals surface area contributed by atoms with E-state index in [9.17, 15) is 0 Å². The van der Waals surface area contributed by atoms with Crippen molar-refractivity contribution in [1.29, 1.82) is 0 Å². The van der Waals surface area contributed by atoms with Gasteiger partial charge in [0, 0.05) is 30.7 Å². The maximum Gasteiger partial charge on any atom is 0.159 e. The first-order valence-corrected chi connectivity index (χ1v) is 6.41. The van der Waals surface area contributed by atoms with Crippen molar-refractivity contribution in [3.8, 4) is 11.5 Å². The molecule has 3 aromatic rings. The molecule has 1 aromatic carbocycles. The van der Waals surface area contributed by atoms with Crippen LogP contribution in [0.3, 0.4) is 0 Å². The van der Waals surface area contributed by atoms with Crippen LogP contribution >= 0.6 is 0 Å². The van der Waals surface area contributed by atoms with Crippen LogP contribution in [0.4, 0.5) is 0 Å². The summed E-state index contributed by atoms with van der Waals surface area (Å²) in [4.78, 5) is 13.7. The predicted molar refractivity (Wildman–Crippen MR) is 75.8 cm³/mol. The van der Waals surface area contributed by atoms with Crippen molar-refractivity contribution in [2.24, 2.45) is 7.05 Å². The third-order valence-electron chi connectivity index (χ3n) is 3.17. The van der Waals surface area contributed by atoms with Gasteiger partial charge in [-0.15, -0.1) is 0 Å². The molecule has 0 aliphatic carbocycles. The first-order chi connectivity index (χ1) is 9.16. The molecule has 19 heavy (non-hydrogen) atoms. The molecule has 4 nitrogen and oxygen atoms in total. The largest absolute Gasteiger partial charge is 0.333 e. The van der Waals surface area contributed by atoms with E-state index in [0.29, 0.717) is 5.92 Å². The Balaban J connectivity index is 2.36. The Hall–Kier alpha value is -2.23. The lowest BCUT2D eigenvalue weighted by Crippen LogP contribution is -2.03. The summed E-state index contributed by atoms with van der Waals surface area (Å²) < 4.78 is 1.98. The molecule has 2 heterocycles. The molecule has 0 saturated carbocycles. The minimum atomic E-state index is 0.295. The minimum absolute atomic E-state index is 0.295. The molecule has 0 aliphatic rings. The Morgan fingerprint density at radius 2 is 1.89 bits per heavy atom. The third-order valence-corrected chi connectivity index (χ3v) is 3.17. The first-order valence-electron chi connectivity index (χ1n) is 6.41. The molecule has 0 amide bonds. The fraction of sp³-hybridized carbons (Fsp3) is 0.267. The highest BCUT2D eigenvalue weighted by Crippen LogP contribution is 2.26. The quantitative estimate of drug-likeness (QED) is 0.703. The molecular formula is C15H16N4. The lowest BCUT2D eigenvalue weighted by molar-refractivity contribution is 0.781. The van der Waals surface area contributed by atoms with E-state index >= 15 is 0 Å². The third kappa shape index (κ3) is 1.99. The molecule has 0 spiro atoms. The number of hydrogen-bond acceptors (Lipinski definition) is 3. The number of imidazole rings is 1. The molecule has 2 aromatic heterocycles. The van der Waals surface area contributed by atoms with Crippen LogP contribution in [-0.4, -0.2) is 19.5 Å². The van der Waals surface area contributed by atoms with Gasteiger partial charge in [-0.05, 0) is 6.07 Å². The average Bonchev–Trinajstić information content (AvgIpc) is 2.83. The fourth-order valence-electron chi connectivity index (χ4n) is 2.12. The predicted octanol–water partition coefficient (Wildman–Crippen LogP) is 3.15. The molecule has 0 bridgehead atoms. The summed E-state index contributed by atoms with van der Waals surface area (Å²) in [6, 6.07) is 8.08. The van der Waals surface area contributed by atoms with E-state index in [1.807, 2.05) is 42.1 Å². The van der Waals surface area contributed by atoms with Gasteiger partial charge >= 0.3 is 0 Å². The van der Waals surface area contributed by atoms with Crippen LogP contribution in [0.2, 0.25) is 0 Å². The SMILES string of the molecule is CC(C)c1nc(-c2nccn2C)c2ccccc2n1. The number of benzene rings is 1. The maximum absolute atomic E-state index is 4.71. The molecule has 4 heteroatoms. The van der Waals surface area contributed by atoms with Gasteiger partial charge in [0.2, 0.25) is 0 Å². The Bertz CT molecular complexity index is 728. The van der Waals surface area contributed by atoms with E-state index in [1.54, 1.807) is 6.20 Å². The lowest BCUT2D eigenvalue weighted by Gasteiger charge is -2.10. The summed E-state index contributed by atoms with van der Waals surface area (Å²) in [5.74, 6) is 2.03. The van der Waals surface area contributed by atoms with Crippen molar-refractivity contribution in [3.05, 3.63) is 42.5 Å². The minimum Gasteiger partial charge on any atom is -0.333 e. The first kappa shape index (κ1) is 11.8. The smallest absolute Gasteiger partial charge is 0.159 e. The number of nitrogens with zero attached hydrogens (tertiary/aromatic N) is 4. The highest BCUT2D eigenvalue weighted by molar-refractivity contribution is 5.90. The van der Waals surface area contributed by atoms with E-state index in [2.05, 4.69) is 23.8 Å². The molecule has 0 atom stereocenters. The summed E-state index contributed by atoms with van der Waals surface area (Å²) in [5, 5.41) is 1.04. The topological polar surface area (TPSA) is 43.6 Å². The molecule has 0 N–H and O–H groups in total. The van der Waals surface area contributed by atoms with Crippen LogP contribution in [0.25, 0.3) is 22.4 Å². The van der Waals surface area contributed by atoms with E-state index in [0.717, 1.165) is 28.2 Å². The Kier molecular flexibility index (Phi) is 2.78. The number of fused-ring (bicyclic) bond motifs is 1. The number of para-hydroxylation sites is 1. The van der Waals surface area contributed by atoms with Gasteiger partial charge in [-0.2, -0.15) is 0 Å². The fourth-order valence-corrected chi connectivity index (χ4v) is 2.12. The van der Waals surface area contributed by atoms with Crippen molar-refractivity contribution < 1.29 is 0 Å². The second kappa shape index (κ2) is 4.46. The number of aromatic nitrogens is 4. The normalized spacial score (nSPS) is 11.4. The van der Waals surface area contributed by atoms with Gasteiger partial charge < -0.3 is 4.57 Å². The number of rotatable bonds is 2. The van der Waals surface area contributed by atoms with Crippen LogP contribution in [0.15, 0.2) is 36.7 Å². The van der Waals surface area contributed by atoms with E-state index in [-0.39, 0.29) is 0 Å². The van der Waals surface area contributed by atoms with Gasteiger partial charge in [0.25, 0.3) is 0 Å². The van der Waals surface area contributed by atoms with Crippen LogP contribution in [-0.2, 0) is 7.05 Å². The van der Waals surface area contributed by atoms with E-state index in [1.165, 1.54) is 0 Å². The van der Waals surface area contributed by atoms with Gasteiger partial charge in [0.15, 0.2) is 5.82 Å². The Morgan fingerprint density at radius 3 is 2.58 bits per heavy atom. The van der Waals surface area contributed by atoms with Crippen molar-refractivity contribution in [1.82, 2.24) is 19.5 Å². The van der Waals surface area contributed by atoms with Gasteiger partial charge in [-0.25, -0.2) is 15.0 Å². The standard InChI is InChI=1S/C15H16N4/c1-10(2)14-17-12-7-5-4-6-11(12)13(18-14)15-16-8-9-19(15)3/h4-10H,1-3H3. The molecule has 3 rings (SSSR count). The Morgan fingerprint density at radius 1 is 1.11 bits per heavy atom. The molecule has 0 radical (unpaired) electrons. The van der Waals surface area contributed by atoms with E-state index < -0.39 is 0 Å². The Labute approximate surface area is 112 Å². The summed E-state index contributed by atoms with van der Waals surface area (Å²) in [6.45, 7) is 4.21. The molecular weight excluding hydrogens is 236 g/mol. The molecule has 96 valence electrons. The van der Waals surface area contributed by atoms with Crippen molar-refractivity contribution in [2.75, 3.05) is 0 Å². The lowest BCUT2D eigenvalue weighted by atomic mass is 10.1. The molecule has 0 aliphatic heterocycles. The molecule has 0 saturated heterocycles. The summed E-state index contributed by atoms with van der Waals surface area (Å²) in [5.41, 5.74) is 1.88. The molecule has 0 fully saturated rings.